The van der Waals surface area contributed by atoms with Crippen LogP contribution in [0, 0.1) is 31.1 Å². The number of rotatable bonds is 8. The molecule has 0 radical (unpaired) electrons. The van der Waals surface area contributed by atoms with Crippen LogP contribution in [0.3, 0.4) is 0 Å². The molecule has 0 aromatic heterocycles. The van der Waals surface area contributed by atoms with Crippen molar-refractivity contribution in [1.82, 2.24) is 19.6 Å². The molecule has 1 aliphatic rings. The summed E-state index contributed by atoms with van der Waals surface area (Å²) in [6.45, 7) is 59.4. The standard InChI is InChI=1S/C68H108N4O4.U/c1-61(2,3)49-33-45(57(73)53(37-49)65(13,14)15)41-69-25-27-70(42-46-34-50(62(4,5)6)38-54(58(46)74)66(16,17)18)29-31-72(44-48-36-52(64(10,11)12)40-56(60(48)76)68(22,23)24)32-30-71(28-26-69)43-47-35-51(63(7,8)9)39-55(59(47)75)67(19,20)21;/h33-40,73-76H,25-32,41-44H2,1-24H3;/q;+4/p-4. The van der Waals surface area contributed by atoms with Gasteiger partial charge in [0.15, 0.2) is 0 Å². The maximum absolute atomic E-state index is 14.7. The molecular weight excluding hydrogens is 1170 g/mol. The summed E-state index contributed by atoms with van der Waals surface area (Å²) in [4.78, 5) is 9.77. The molecule has 1 saturated heterocycles. The van der Waals surface area contributed by atoms with Crippen LogP contribution >= 0.6 is 0 Å². The number of hydrogen-bond acceptors (Lipinski definition) is 8. The molecule has 4 aromatic carbocycles. The van der Waals surface area contributed by atoms with Gasteiger partial charge in [0.1, 0.15) is 0 Å². The summed E-state index contributed by atoms with van der Waals surface area (Å²) in [5.74, 6) is 0.419. The average molecular weight is 1280 g/mol. The molecule has 0 unspecified atom stereocenters. The SMILES string of the molecule is CC(C)(C)c1cc(CN2CCN(Cc3cc(C(C)(C)C)cc(C(C)(C)C)c3[O-])CCN(Cc3cc(C(C)(C)C)cc(C(C)(C)C)c3[O-])CCN(Cc3cc(C(C)(C)C)cc(C(C)(C)C)c3[O-])CC2)c([O-])c(C(C)(C)C)c1.[U+4]. The summed E-state index contributed by atoms with van der Waals surface area (Å²) >= 11 is 0. The van der Waals surface area contributed by atoms with E-state index in [0.29, 0.717) is 78.5 Å². The van der Waals surface area contributed by atoms with Crippen molar-refractivity contribution in [1.29, 1.82) is 0 Å². The van der Waals surface area contributed by atoms with Crippen molar-refractivity contribution in [3.8, 4) is 23.0 Å². The van der Waals surface area contributed by atoms with Crippen LogP contribution in [0.2, 0.25) is 0 Å². The van der Waals surface area contributed by atoms with Crippen LogP contribution in [0.4, 0.5) is 0 Å². The van der Waals surface area contributed by atoms with Gasteiger partial charge in [-0.15, -0.1) is 23.0 Å². The Bertz CT molecular complexity index is 2270. The fourth-order valence-electron chi connectivity index (χ4n) is 10.4. The van der Waals surface area contributed by atoms with Crippen LogP contribution in [0.25, 0.3) is 0 Å². The Morgan fingerprint density at radius 2 is 0.403 bits per heavy atom. The molecular formula is C68H104N4O4U. The molecule has 8 nitrogen and oxygen atoms in total. The van der Waals surface area contributed by atoms with Gasteiger partial charge in [0.05, 0.1) is 0 Å². The number of hydrogen-bond donors (Lipinski definition) is 0. The van der Waals surface area contributed by atoms with E-state index in [2.05, 4.69) is 234 Å². The Balaban J connectivity index is 0.0000128. The summed E-state index contributed by atoms with van der Waals surface area (Å²) in [7, 11) is 0. The Morgan fingerprint density at radius 3 is 0.519 bits per heavy atom. The summed E-state index contributed by atoms with van der Waals surface area (Å²) in [5, 5.41) is 58.8. The molecule has 1 aliphatic heterocycles. The second kappa shape index (κ2) is 24.2. The molecule has 0 atom stereocenters. The first kappa shape index (κ1) is 66.5. The number of nitrogens with zero attached hydrogens (tertiary/aromatic N) is 4. The zero-order valence-corrected chi connectivity index (χ0v) is 57.2. The van der Waals surface area contributed by atoms with E-state index in [1.54, 1.807) is 0 Å². The largest absolute Gasteiger partial charge is 4.00 e. The van der Waals surface area contributed by atoms with Crippen molar-refractivity contribution in [2.45, 2.75) is 236 Å². The molecule has 0 aliphatic carbocycles. The van der Waals surface area contributed by atoms with Gasteiger partial charge >= 0.3 is 31.1 Å². The van der Waals surface area contributed by atoms with Gasteiger partial charge in [-0.25, -0.2) is 0 Å². The predicted octanol–water partition coefficient (Wildman–Crippen LogP) is 12.7. The first-order valence-electron chi connectivity index (χ1n) is 28.6. The van der Waals surface area contributed by atoms with Crippen LogP contribution in [-0.2, 0) is 69.5 Å². The molecule has 1 heterocycles. The molecule has 9 heteroatoms. The van der Waals surface area contributed by atoms with Gasteiger partial charge in [0.2, 0.25) is 0 Å². The fourth-order valence-corrected chi connectivity index (χ4v) is 10.4. The molecule has 77 heavy (non-hydrogen) atoms. The van der Waals surface area contributed by atoms with Crippen molar-refractivity contribution >= 4 is 0 Å². The van der Waals surface area contributed by atoms with E-state index in [9.17, 15) is 20.4 Å². The normalized spacial score (nSPS) is 16.5. The van der Waals surface area contributed by atoms with E-state index in [1.165, 1.54) is 0 Å². The second-order valence-corrected chi connectivity index (χ2v) is 31.2. The summed E-state index contributed by atoms with van der Waals surface area (Å²) in [5.41, 5.74) is 9.19. The molecule has 424 valence electrons. The third kappa shape index (κ3) is 17.5. The third-order valence-electron chi connectivity index (χ3n) is 15.9. The first-order valence-corrected chi connectivity index (χ1v) is 28.6. The van der Waals surface area contributed by atoms with E-state index in [1.807, 2.05) is 0 Å². The van der Waals surface area contributed by atoms with Crippen molar-refractivity contribution in [3.05, 3.63) is 115 Å². The summed E-state index contributed by atoms with van der Waals surface area (Å²) < 4.78 is 0. The van der Waals surface area contributed by atoms with Gasteiger partial charge in [-0.1, -0.05) is 215 Å². The monoisotopic (exact) mass is 1280 g/mol. The van der Waals surface area contributed by atoms with Crippen molar-refractivity contribution in [2.24, 2.45) is 0 Å². The Hall–Kier alpha value is -3.03. The fraction of sp³-hybridized carbons (Fsp3) is 0.647. The van der Waals surface area contributed by atoms with Gasteiger partial charge in [0, 0.05) is 78.5 Å². The van der Waals surface area contributed by atoms with Gasteiger partial charge in [-0.05, 0) is 110 Å². The smallest absolute Gasteiger partial charge is 0.872 e. The quantitative estimate of drug-likeness (QED) is 0.172. The molecule has 1 fully saturated rings. The first-order chi connectivity index (χ1) is 34.3. The maximum atomic E-state index is 14.7. The minimum atomic E-state index is -0.337. The predicted molar refractivity (Wildman–Crippen MR) is 314 cm³/mol. The summed E-state index contributed by atoms with van der Waals surface area (Å²) in [6, 6.07) is 17.1. The van der Waals surface area contributed by atoms with Crippen molar-refractivity contribution in [2.75, 3.05) is 52.4 Å². The minimum absolute atomic E-state index is 0. The van der Waals surface area contributed by atoms with E-state index in [4.69, 9.17) is 0 Å². The summed E-state index contributed by atoms with van der Waals surface area (Å²) in [6.07, 6.45) is 0. The number of benzene rings is 4. The molecule has 0 amide bonds. The third-order valence-corrected chi connectivity index (χ3v) is 15.9. The van der Waals surface area contributed by atoms with Gasteiger partial charge < -0.3 is 20.4 Å². The zero-order valence-electron chi connectivity index (χ0n) is 53.0. The van der Waals surface area contributed by atoms with Crippen LogP contribution in [0.1, 0.15) is 233 Å². The van der Waals surface area contributed by atoms with Crippen LogP contribution in [0.5, 0.6) is 23.0 Å². The van der Waals surface area contributed by atoms with Crippen molar-refractivity contribution in [3.63, 3.8) is 0 Å². The van der Waals surface area contributed by atoms with Gasteiger partial charge in [-0.3, -0.25) is 19.6 Å². The average Bonchev–Trinajstić information content (AvgIpc) is 3.23. The molecule has 0 bridgehead atoms. The van der Waals surface area contributed by atoms with Gasteiger partial charge in [0.25, 0.3) is 0 Å². The molecule has 4 aromatic rings. The van der Waals surface area contributed by atoms with E-state index in [-0.39, 0.29) is 97.4 Å². The van der Waals surface area contributed by atoms with E-state index < -0.39 is 0 Å². The molecule has 5 rings (SSSR count). The zero-order chi connectivity index (χ0) is 57.7. The second-order valence-electron chi connectivity index (χ2n) is 31.2. The van der Waals surface area contributed by atoms with Crippen LogP contribution in [0.15, 0.2) is 48.5 Å². The maximum Gasteiger partial charge on any atom is 4.00 e. The molecule has 0 N–H and O–H groups in total. The minimum Gasteiger partial charge on any atom is -0.872 e. The van der Waals surface area contributed by atoms with Gasteiger partial charge in [-0.2, -0.15) is 0 Å². The van der Waals surface area contributed by atoms with E-state index in [0.717, 1.165) is 66.8 Å². The molecule has 0 spiro atoms. The topological polar surface area (TPSA) is 105 Å². The molecule has 0 saturated carbocycles. The van der Waals surface area contributed by atoms with Crippen molar-refractivity contribution < 1.29 is 51.5 Å². The van der Waals surface area contributed by atoms with Crippen LogP contribution < -0.4 is 20.4 Å². The Morgan fingerprint density at radius 1 is 0.260 bits per heavy atom. The van der Waals surface area contributed by atoms with E-state index >= 15 is 0 Å². The Labute approximate surface area is 494 Å². The van der Waals surface area contributed by atoms with Crippen LogP contribution in [-0.4, -0.2) is 72.0 Å². The Kier molecular flexibility index (Phi) is 20.9.